The summed E-state index contributed by atoms with van der Waals surface area (Å²) in [6.07, 6.45) is 3.45. The Morgan fingerprint density at radius 1 is 1.44 bits per heavy atom. The summed E-state index contributed by atoms with van der Waals surface area (Å²) in [5.41, 5.74) is -0.662. The van der Waals surface area contributed by atoms with Gasteiger partial charge in [0, 0.05) is 17.3 Å². The Morgan fingerprint density at radius 3 is 2.89 bits per heavy atom. The molecule has 1 atom stereocenters. The fourth-order valence-corrected chi connectivity index (χ4v) is 7.03. The molecule has 0 radical (unpaired) electrons. The Bertz CT molecular complexity index is 935. The molecular formula is C17H22N4O3S3. The van der Waals surface area contributed by atoms with Crippen LogP contribution in [0.4, 0.5) is 0 Å². The fourth-order valence-electron chi connectivity index (χ4n) is 3.41. The minimum absolute atomic E-state index is 0.0135. The van der Waals surface area contributed by atoms with Crippen LogP contribution in [-0.4, -0.2) is 51.9 Å². The number of rotatable bonds is 7. The first-order valence-electron chi connectivity index (χ1n) is 8.94. The van der Waals surface area contributed by atoms with E-state index >= 15 is 0 Å². The van der Waals surface area contributed by atoms with Gasteiger partial charge >= 0.3 is 0 Å². The highest BCUT2D eigenvalue weighted by atomic mass is 32.2. The molecule has 1 saturated carbocycles. The van der Waals surface area contributed by atoms with Crippen molar-refractivity contribution in [3.63, 3.8) is 0 Å². The van der Waals surface area contributed by atoms with E-state index in [1.54, 1.807) is 18.3 Å². The average Bonchev–Trinajstić information content (AvgIpc) is 3.02. The molecule has 1 N–H and O–H groups in total. The summed E-state index contributed by atoms with van der Waals surface area (Å²) in [6.45, 7) is 1.80. The van der Waals surface area contributed by atoms with Crippen molar-refractivity contribution in [2.45, 2.75) is 49.3 Å². The maximum atomic E-state index is 12.4. The van der Waals surface area contributed by atoms with Gasteiger partial charge in [-0.2, -0.15) is 0 Å². The number of thiophene rings is 1. The Balaban J connectivity index is 1.39. The molecule has 2 aliphatic rings. The standard InChI is InChI=1S/C17H22N4O3S3/c1-17(6-8-27(23,24)11-17)18-15(22)10-26-16-20-19-14(21(16)12-4-5-12)9-13-3-2-7-25-13/h2-3,7,12H,4-6,8-11H2,1H3,(H,18,22). The molecule has 3 heterocycles. The van der Waals surface area contributed by atoms with Gasteiger partial charge in [0.15, 0.2) is 15.0 Å². The second kappa shape index (κ2) is 7.21. The monoisotopic (exact) mass is 426 g/mol. The quantitative estimate of drug-likeness (QED) is 0.681. The first kappa shape index (κ1) is 18.9. The van der Waals surface area contributed by atoms with Gasteiger partial charge in [0.1, 0.15) is 5.82 Å². The van der Waals surface area contributed by atoms with Gasteiger partial charge in [-0.05, 0) is 37.6 Å². The molecule has 2 aromatic rings. The highest BCUT2D eigenvalue weighted by Gasteiger charge is 2.39. The zero-order chi connectivity index (χ0) is 19.1. The molecule has 1 unspecified atom stereocenters. The van der Waals surface area contributed by atoms with Crippen LogP contribution in [0, 0.1) is 0 Å². The van der Waals surface area contributed by atoms with Crippen molar-refractivity contribution < 1.29 is 13.2 Å². The molecule has 146 valence electrons. The van der Waals surface area contributed by atoms with Crippen LogP contribution in [0.1, 0.15) is 42.9 Å². The zero-order valence-corrected chi connectivity index (χ0v) is 17.5. The molecule has 27 heavy (non-hydrogen) atoms. The third-order valence-corrected chi connectivity index (χ3v) is 8.56. The molecule has 1 amide bonds. The predicted molar refractivity (Wildman–Crippen MR) is 106 cm³/mol. The highest BCUT2D eigenvalue weighted by molar-refractivity contribution is 7.99. The lowest BCUT2D eigenvalue weighted by molar-refractivity contribution is -0.120. The number of carbonyl (C=O) groups excluding carboxylic acids is 1. The normalized spacial score (nSPS) is 24.2. The summed E-state index contributed by atoms with van der Waals surface area (Å²) in [6, 6.07) is 4.55. The van der Waals surface area contributed by atoms with Crippen LogP contribution in [0.15, 0.2) is 22.7 Å². The van der Waals surface area contributed by atoms with E-state index in [1.165, 1.54) is 16.6 Å². The van der Waals surface area contributed by atoms with Crippen molar-refractivity contribution >= 4 is 38.8 Å². The molecule has 10 heteroatoms. The Kier molecular flexibility index (Phi) is 5.06. The summed E-state index contributed by atoms with van der Waals surface area (Å²) in [5, 5.41) is 14.4. The number of nitrogens with zero attached hydrogens (tertiary/aromatic N) is 3. The van der Waals surface area contributed by atoms with Crippen LogP contribution >= 0.6 is 23.1 Å². The summed E-state index contributed by atoms with van der Waals surface area (Å²) in [4.78, 5) is 13.6. The van der Waals surface area contributed by atoms with E-state index in [1.807, 2.05) is 6.07 Å². The minimum Gasteiger partial charge on any atom is -0.349 e. The van der Waals surface area contributed by atoms with E-state index in [0.29, 0.717) is 12.5 Å². The number of hydrogen-bond donors (Lipinski definition) is 1. The number of thioether (sulfide) groups is 1. The molecule has 4 rings (SSSR count). The van der Waals surface area contributed by atoms with Crippen LogP contribution in [0.3, 0.4) is 0 Å². The molecule has 2 fully saturated rings. The number of hydrogen-bond acceptors (Lipinski definition) is 7. The van der Waals surface area contributed by atoms with Crippen molar-refractivity contribution in [2.75, 3.05) is 17.3 Å². The summed E-state index contributed by atoms with van der Waals surface area (Å²) in [5.74, 6) is 1.14. The van der Waals surface area contributed by atoms with Crippen LogP contribution in [0.25, 0.3) is 0 Å². The molecule has 7 nitrogen and oxygen atoms in total. The van der Waals surface area contributed by atoms with Gasteiger partial charge in [-0.3, -0.25) is 4.79 Å². The minimum atomic E-state index is -3.04. The summed E-state index contributed by atoms with van der Waals surface area (Å²) in [7, 11) is -3.04. The third kappa shape index (κ3) is 4.55. The van der Waals surface area contributed by atoms with Crippen LogP contribution < -0.4 is 5.32 Å². The lowest BCUT2D eigenvalue weighted by atomic mass is 10.0. The van der Waals surface area contributed by atoms with Crippen LogP contribution in [-0.2, 0) is 21.1 Å². The lowest BCUT2D eigenvalue weighted by Gasteiger charge is -2.23. The van der Waals surface area contributed by atoms with E-state index in [-0.39, 0.29) is 23.2 Å². The van der Waals surface area contributed by atoms with Crippen molar-refractivity contribution in [1.82, 2.24) is 20.1 Å². The molecule has 2 aromatic heterocycles. The van der Waals surface area contributed by atoms with E-state index in [4.69, 9.17) is 0 Å². The predicted octanol–water partition coefficient (Wildman–Crippen LogP) is 2.05. The van der Waals surface area contributed by atoms with Gasteiger partial charge in [0.05, 0.1) is 22.8 Å². The Morgan fingerprint density at radius 2 is 2.26 bits per heavy atom. The van der Waals surface area contributed by atoms with E-state index in [2.05, 4.69) is 31.5 Å². The maximum absolute atomic E-state index is 12.4. The largest absolute Gasteiger partial charge is 0.349 e. The van der Waals surface area contributed by atoms with E-state index in [0.717, 1.165) is 30.2 Å². The first-order valence-corrected chi connectivity index (χ1v) is 12.6. The third-order valence-electron chi connectivity index (χ3n) is 4.84. The molecule has 0 spiro atoms. The zero-order valence-electron chi connectivity index (χ0n) is 15.1. The number of aromatic nitrogens is 3. The van der Waals surface area contributed by atoms with Gasteiger partial charge in [0.25, 0.3) is 0 Å². The smallest absolute Gasteiger partial charge is 0.230 e. The number of amides is 1. The van der Waals surface area contributed by atoms with Crippen molar-refractivity contribution in [2.24, 2.45) is 0 Å². The van der Waals surface area contributed by atoms with Gasteiger partial charge in [0.2, 0.25) is 5.91 Å². The molecule has 1 aliphatic carbocycles. The highest BCUT2D eigenvalue weighted by Crippen LogP contribution is 2.39. The van der Waals surface area contributed by atoms with E-state index < -0.39 is 15.4 Å². The van der Waals surface area contributed by atoms with Crippen LogP contribution in [0.5, 0.6) is 0 Å². The van der Waals surface area contributed by atoms with E-state index in [9.17, 15) is 13.2 Å². The topological polar surface area (TPSA) is 93.9 Å². The number of carbonyl (C=O) groups is 1. The molecule has 1 aliphatic heterocycles. The van der Waals surface area contributed by atoms with Gasteiger partial charge in [-0.15, -0.1) is 21.5 Å². The molecule has 0 aromatic carbocycles. The van der Waals surface area contributed by atoms with Gasteiger partial charge in [-0.25, -0.2) is 8.42 Å². The first-order chi connectivity index (χ1) is 12.8. The Labute approximate surface area is 166 Å². The van der Waals surface area contributed by atoms with Crippen molar-refractivity contribution in [3.8, 4) is 0 Å². The number of sulfone groups is 1. The summed E-state index contributed by atoms with van der Waals surface area (Å²) >= 11 is 3.07. The molecular weight excluding hydrogens is 404 g/mol. The summed E-state index contributed by atoms with van der Waals surface area (Å²) < 4.78 is 25.5. The van der Waals surface area contributed by atoms with Crippen molar-refractivity contribution in [3.05, 3.63) is 28.2 Å². The molecule has 1 saturated heterocycles. The molecule has 0 bridgehead atoms. The Hall–Kier alpha value is -1.39. The van der Waals surface area contributed by atoms with Gasteiger partial charge < -0.3 is 9.88 Å². The lowest BCUT2D eigenvalue weighted by Crippen LogP contribution is -2.47. The maximum Gasteiger partial charge on any atom is 0.230 e. The van der Waals surface area contributed by atoms with Crippen LogP contribution in [0.2, 0.25) is 0 Å². The average molecular weight is 427 g/mol. The van der Waals surface area contributed by atoms with Crippen molar-refractivity contribution in [1.29, 1.82) is 0 Å². The SMILES string of the molecule is CC1(NC(=O)CSc2nnc(Cc3cccs3)n2C2CC2)CCS(=O)(=O)C1. The van der Waals surface area contributed by atoms with Gasteiger partial charge in [-0.1, -0.05) is 17.8 Å². The second-order valence-corrected chi connectivity index (χ2v) is 11.7. The fraction of sp³-hybridized carbons (Fsp3) is 0.588. The second-order valence-electron chi connectivity index (χ2n) is 7.50. The number of nitrogens with one attached hydrogen (secondary N) is 1.